The molecule has 0 saturated carbocycles. The van der Waals surface area contributed by atoms with Crippen molar-refractivity contribution in [2.45, 2.75) is 37.8 Å². The van der Waals surface area contributed by atoms with Gasteiger partial charge in [-0.05, 0) is 20.3 Å². The van der Waals surface area contributed by atoms with Crippen molar-refractivity contribution in [3.63, 3.8) is 0 Å². The Morgan fingerprint density at radius 3 is 2.84 bits per heavy atom. The molecule has 1 aromatic rings. The Bertz CT molecular complexity index is 530. The first-order chi connectivity index (χ1) is 8.94. The Balaban J connectivity index is 2.14. The molecule has 108 valence electrons. The molecule has 0 aliphatic carbocycles. The van der Waals surface area contributed by atoms with E-state index >= 15 is 0 Å². The van der Waals surface area contributed by atoms with Gasteiger partial charge in [0.15, 0.2) is 0 Å². The molecule has 1 fully saturated rings. The SMILES string of the molecule is Cc1oc(CO)cc1S(=O)(=O)NC(C)C1CCOC1. The van der Waals surface area contributed by atoms with Gasteiger partial charge in [-0.15, -0.1) is 0 Å². The zero-order chi connectivity index (χ0) is 14.0. The quantitative estimate of drug-likeness (QED) is 0.836. The van der Waals surface area contributed by atoms with Crippen LogP contribution >= 0.6 is 0 Å². The molecule has 1 aliphatic rings. The minimum atomic E-state index is -3.63. The highest BCUT2D eigenvalue weighted by molar-refractivity contribution is 7.89. The van der Waals surface area contributed by atoms with E-state index in [0.717, 1.165) is 6.42 Å². The normalized spacial score (nSPS) is 21.7. The number of hydrogen-bond acceptors (Lipinski definition) is 5. The topological polar surface area (TPSA) is 88.8 Å². The fourth-order valence-electron chi connectivity index (χ4n) is 2.22. The third kappa shape index (κ3) is 3.17. The number of hydrogen-bond donors (Lipinski definition) is 2. The first-order valence-corrected chi connectivity index (χ1v) is 7.72. The first kappa shape index (κ1) is 14.5. The van der Waals surface area contributed by atoms with Crippen molar-refractivity contribution in [1.82, 2.24) is 4.72 Å². The molecule has 6 nitrogen and oxygen atoms in total. The van der Waals surface area contributed by atoms with E-state index in [-0.39, 0.29) is 35.0 Å². The zero-order valence-corrected chi connectivity index (χ0v) is 11.9. The predicted octanol–water partition coefficient (Wildman–Crippen LogP) is 0.784. The average Bonchev–Trinajstić information content (AvgIpc) is 2.96. The van der Waals surface area contributed by atoms with Gasteiger partial charge in [-0.3, -0.25) is 0 Å². The lowest BCUT2D eigenvalue weighted by Crippen LogP contribution is -2.38. The standard InChI is InChI=1S/C12H19NO5S/c1-8(10-3-4-17-7-10)13-19(15,16)12-5-11(6-14)18-9(12)2/h5,8,10,13-14H,3-4,6-7H2,1-2H3. The van der Waals surface area contributed by atoms with Gasteiger partial charge in [0.05, 0.1) is 6.61 Å². The van der Waals surface area contributed by atoms with Crippen molar-refractivity contribution in [2.24, 2.45) is 5.92 Å². The average molecular weight is 289 g/mol. The minimum Gasteiger partial charge on any atom is -0.462 e. The summed E-state index contributed by atoms with van der Waals surface area (Å²) in [6, 6.07) is 1.16. The number of nitrogens with one attached hydrogen (secondary N) is 1. The predicted molar refractivity (Wildman–Crippen MR) is 68.1 cm³/mol. The fraction of sp³-hybridized carbons (Fsp3) is 0.667. The Morgan fingerprint density at radius 1 is 1.58 bits per heavy atom. The highest BCUT2D eigenvalue weighted by Gasteiger charge is 2.28. The second kappa shape index (κ2) is 5.62. The molecule has 1 aliphatic heterocycles. The van der Waals surface area contributed by atoms with Crippen molar-refractivity contribution in [3.05, 3.63) is 17.6 Å². The lowest BCUT2D eigenvalue weighted by Gasteiger charge is -2.18. The Morgan fingerprint density at radius 2 is 2.32 bits per heavy atom. The molecule has 1 saturated heterocycles. The number of ether oxygens (including phenoxy) is 1. The molecule has 2 N–H and O–H groups in total. The largest absolute Gasteiger partial charge is 0.462 e. The molecule has 2 atom stereocenters. The van der Waals surface area contributed by atoms with Crippen molar-refractivity contribution < 1.29 is 22.7 Å². The number of aliphatic hydroxyl groups excluding tert-OH is 1. The molecule has 1 aromatic heterocycles. The summed E-state index contributed by atoms with van der Waals surface area (Å²) in [6.07, 6.45) is 0.857. The summed E-state index contributed by atoms with van der Waals surface area (Å²) in [4.78, 5) is 0.0855. The molecule has 0 aromatic carbocycles. The van der Waals surface area contributed by atoms with E-state index in [4.69, 9.17) is 14.3 Å². The van der Waals surface area contributed by atoms with Crippen LogP contribution in [0.15, 0.2) is 15.4 Å². The number of aryl methyl sites for hydroxylation is 1. The van der Waals surface area contributed by atoms with Crippen molar-refractivity contribution in [2.75, 3.05) is 13.2 Å². The first-order valence-electron chi connectivity index (χ1n) is 6.24. The molecule has 2 heterocycles. The monoisotopic (exact) mass is 289 g/mol. The summed E-state index contributed by atoms with van der Waals surface area (Å²) < 4.78 is 37.6. The van der Waals surface area contributed by atoms with E-state index in [2.05, 4.69) is 4.72 Å². The Hall–Kier alpha value is -0.890. The van der Waals surface area contributed by atoms with E-state index < -0.39 is 10.0 Å². The summed E-state index contributed by atoms with van der Waals surface area (Å²) in [7, 11) is -3.63. The van der Waals surface area contributed by atoms with E-state index in [1.807, 2.05) is 6.92 Å². The third-order valence-electron chi connectivity index (χ3n) is 3.38. The van der Waals surface area contributed by atoms with E-state index in [0.29, 0.717) is 13.2 Å². The summed E-state index contributed by atoms with van der Waals surface area (Å²) in [5.74, 6) is 0.723. The maximum absolute atomic E-state index is 12.3. The lowest BCUT2D eigenvalue weighted by molar-refractivity contribution is 0.180. The van der Waals surface area contributed by atoms with Crippen LogP contribution in [0.5, 0.6) is 0 Å². The molecule has 0 bridgehead atoms. The van der Waals surface area contributed by atoms with E-state index in [9.17, 15) is 8.42 Å². The molecule has 2 unspecified atom stereocenters. The van der Waals surface area contributed by atoms with Gasteiger partial charge >= 0.3 is 0 Å². The highest BCUT2D eigenvalue weighted by atomic mass is 32.2. The van der Waals surface area contributed by atoms with Crippen LogP contribution in [0.25, 0.3) is 0 Å². The second-order valence-corrected chi connectivity index (χ2v) is 6.51. The minimum absolute atomic E-state index is 0.0855. The molecule has 0 spiro atoms. The summed E-state index contributed by atoms with van der Waals surface area (Å²) in [6.45, 7) is 4.34. The Kier molecular flexibility index (Phi) is 4.29. The molecular formula is C12H19NO5S. The van der Waals surface area contributed by atoms with Crippen molar-refractivity contribution in [1.29, 1.82) is 0 Å². The van der Waals surface area contributed by atoms with Crippen LogP contribution in [0.4, 0.5) is 0 Å². The van der Waals surface area contributed by atoms with Crippen molar-refractivity contribution in [3.8, 4) is 0 Å². The summed E-state index contributed by atoms with van der Waals surface area (Å²) in [5, 5.41) is 8.97. The van der Waals surface area contributed by atoms with Crippen LogP contribution in [0.1, 0.15) is 24.9 Å². The fourth-order valence-corrected chi connectivity index (χ4v) is 3.74. The maximum atomic E-state index is 12.3. The molecule has 2 rings (SSSR count). The lowest BCUT2D eigenvalue weighted by atomic mass is 10.0. The third-order valence-corrected chi connectivity index (χ3v) is 5.05. The highest BCUT2D eigenvalue weighted by Crippen LogP contribution is 2.22. The van der Waals surface area contributed by atoms with Gasteiger partial charge in [0.25, 0.3) is 0 Å². The maximum Gasteiger partial charge on any atom is 0.244 e. The van der Waals surface area contributed by atoms with E-state index in [1.165, 1.54) is 6.07 Å². The molecule has 0 radical (unpaired) electrons. The van der Waals surface area contributed by atoms with Crippen LogP contribution in [-0.2, 0) is 21.4 Å². The van der Waals surface area contributed by atoms with Gasteiger partial charge in [-0.2, -0.15) is 0 Å². The van der Waals surface area contributed by atoms with Gasteiger partial charge in [0, 0.05) is 24.6 Å². The van der Waals surface area contributed by atoms with E-state index in [1.54, 1.807) is 6.92 Å². The number of aliphatic hydroxyl groups is 1. The molecule has 0 amide bonds. The van der Waals surface area contributed by atoms with Gasteiger partial charge < -0.3 is 14.3 Å². The number of rotatable bonds is 5. The molecule has 7 heteroatoms. The second-order valence-electron chi connectivity index (χ2n) is 4.82. The molecule has 19 heavy (non-hydrogen) atoms. The Labute approximate surface area is 112 Å². The van der Waals surface area contributed by atoms with Gasteiger partial charge in [-0.1, -0.05) is 0 Å². The smallest absolute Gasteiger partial charge is 0.244 e. The van der Waals surface area contributed by atoms with Gasteiger partial charge in [0.2, 0.25) is 10.0 Å². The molecular weight excluding hydrogens is 270 g/mol. The van der Waals surface area contributed by atoms with Crippen molar-refractivity contribution >= 4 is 10.0 Å². The van der Waals surface area contributed by atoms with Gasteiger partial charge in [-0.25, -0.2) is 13.1 Å². The number of furan rings is 1. The summed E-state index contributed by atoms with van der Waals surface area (Å²) >= 11 is 0. The van der Waals surface area contributed by atoms with Crippen LogP contribution < -0.4 is 4.72 Å². The van der Waals surface area contributed by atoms with Gasteiger partial charge in [0.1, 0.15) is 23.0 Å². The number of sulfonamides is 1. The van der Waals surface area contributed by atoms with Crippen LogP contribution in [0.3, 0.4) is 0 Å². The van der Waals surface area contributed by atoms with Crippen LogP contribution in [0.2, 0.25) is 0 Å². The summed E-state index contributed by atoms with van der Waals surface area (Å²) in [5.41, 5.74) is 0. The van der Waals surface area contributed by atoms with Crippen LogP contribution in [-0.4, -0.2) is 32.8 Å². The van der Waals surface area contributed by atoms with Crippen LogP contribution in [0, 0.1) is 12.8 Å². The zero-order valence-electron chi connectivity index (χ0n) is 11.0.